The summed E-state index contributed by atoms with van der Waals surface area (Å²) in [5.74, 6) is -1.13. The highest BCUT2D eigenvalue weighted by atomic mass is 16.6. The van der Waals surface area contributed by atoms with E-state index in [1.165, 1.54) is 0 Å². The van der Waals surface area contributed by atoms with Crippen molar-refractivity contribution in [2.75, 3.05) is 13.1 Å². The lowest BCUT2D eigenvalue weighted by molar-refractivity contribution is -0.152. The third-order valence-electron chi connectivity index (χ3n) is 4.49. The fraction of sp³-hybridized carbons (Fsp3) is 0.867. The van der Waals surface area contributed by atoms with Gasteiger partial charge < -0.3 is 19.8 Å². The number of piperidine rings is 1. The van der Waals surface area contributed by atoms with Crippen LogP contribution in [0.4, 0.5) is 4.79 Å². The van der Waals surface area contributed by atoms with E-state index in [0.29, 0.717) is 25.9 Å². The molecule has 120 valence electrons. The summed E-state index contributed by atoms with van der Waals surface area (Å²) in [5, 5.41) is 19.0. The zero-order chi connectivity index (χ0) is 15.8. The van der Waals surface area contributed by atoms with Gasteiger partial charge in [0, 0.05) is 18.5 Å². The number of ether oxygens (including phenoxy) is 1. The second kappa shape index (κ2) is 5.48. The highest BCUT2D eigenvalue weighted by molar-refractivity contribution is 5.74. The third-order valence-corrected chi connectivity index (χ3v) is 4.49. The minimum atomic E-state index is -1.33. The Morgan fingerprint density at radius 2 is 1.95 bits per heavy atom. The number of carboxylic acids is 1. The summed E-state index contributed by atoms with van der Waals surface area (Å²) >= 11 is 0. The molecule has 0 spiro atoms. The molecule has 1 saturated heterocycles. The van der Waals surface area contributed by atoms with E-state index in [1.807, 2.05) is 20.8 Å². The Labute approximate surface area is 125 Å². The van der Waals surface area contributed by atoms with Crippen LogP contribution >= 0.6 is 0 Å². The van der Waals surface area contributed by atoms with Crippen molar-refractivity contribution in [3.05, 3.63) is 0 Å². The van der Waals surface area contributed by atoms with Crippen LogP contribution in [0.3, 0.4) is 0 Å². The molecule has 6 heteroatoms. The zero-order valence-corrected chi connectivity index (χ0v) is 13.0. The van der Waals surface area contributed by atoms with Gasteiger partial charge in [-0.3, -0.25) is 0 Å². The lowest BCUT2D eigenvalue weighted by Crippen LogP contribution is -2.48. The van der Waals surface area contributed by atoms with Crippen molar-refractivity contribution < 1.29 is 24.5 Å². The van der Waals surface area contributed by atoms with Crippen molar-refractivity contribution in [1.82, 2.24) is 4.90 Å². The van der Waals surface area contributed by atoms with E-state index in [9.17, 15) is 14.7 Å². The number of aliphatic hydroxyl groups excluding tert-OH is 1. The van der Waals surface area contributed by atoms with Gasteiger partial charge in [0.05, 0.1) is 0 Å². The summed E-state index contributed by atoms with van der Waals surface area (Å²) in [6, 6.07) is 0. The first-order valence-electron chi connectivity index (χ1n) is 7.54. The van der Waals surface area contributed by atoms with Gasteiger partial charge in [0.1, 0.15) is 5.60 Å². The van der Waals surface area contributed by atoms with Gasteiger partial charge in [-0.1, -0.05) is 0 Å². The Kier molecular flexibility index (Phi) is 4.19. The maximum absolute atomic E-state index is 12.1. The summed E-state index contributed by atoms with van der Waals surface area (Å²) < 4.78 is 5.37. The molecule has 2 fully saturated rings. The Bertz CT molecular complexity index is 424. The number of nitrogens with zero attached hydrogens (tertiary/aromatic N) is 1. The lowest BCUT2D eigenvalue weighted by Gasteiger charge is -2.38. The van der Waals surface area contributed by atoms with Gasteiger partial charge in [0.15, 0.2) is 6.10 Å². The van der Waals surface area contributed by atoms with Crippen molar-refractivity contribution in [2.45, 2.75) is 58.2 Å². The number of amides is 1. The Morgan fingerprint density at radius 3 is 2.43 bits per heavy atom. The Morgan fingerprint density at radius 1 is 1.33 bits per heavy atom. The van der Waals surface area contributed by atoms with Crippen LogP contribution in [-0.4, -0.2) is 52.0 Å². The first kappa shape index (κ1) is 16.1. The van der Waals surface area contributed by atoms with Gasteiger partial charge in [-0.05, 0) is 52.4 Å². The lowest BCUT2D eigenvalue weighted by atomic mass is 9.79. The van der Waals surface area contributed by atoms with E-state index >= 15 is 0 Å². The van der Waals surface area contributed by atoms with Crippen LogP contribution in [0.2, 0.25) is 0 Å². The van der Waals surface area contributed by atoms with Crippen molar-refractivity contribution in [2.24, 2.45) is 11.3 Å². The van der Waals surface area contributed by atoms with Crippen LogP contribution in [-0.2, 0) is 9.53 Å². The number of aliphatic carboxylic acids is 1. The number of hydrogen-bond donors (Lipinski definition) is 2. The van der Waals surface area contributed by atoms with Gasteiger partial charge in [-0.15, -0.1) is 0 Å². The molecule has 0 bridgehead atoms. The molecular formula is C15H25NO5. The molecule has 6 nitrogen and oxygen atoms in total. The third kappa shape index (κ3) is 3.48. The molecule has 0 radical (unpaired) electrons. The average Bonchev–Trinajstić information content (AvgIpc) is 3.17. The van der Waals surface area contributed by atoms with E-state index in [1.54, 1.807) is 4.90 Å². The summed E-state index contributed by atoms with van der Waals surface area (Å²) in [4.78, 5) is 24.9. The van der Waals surface area contributed by atoms with Crippen molar-refractivity contribution in [3.8, 4) is 0 Å². The summed E-state index contributed by atoms with van der Waals surface area (Å²) in [7, 11) is 0. The normalized spacial score (nSPS) is 26.1. The summed E-state index contributed by atoms with van der Waals surface area (Å²) in [5.41, 5.74) is -1.09. The minimum Gasteiger partial charge on any atom is -0.479 e. The quantitative estimate of drug-likeness (QED) is 0.830. The smallest absolute Gasteiger partial charge is 0.410 e. The molecule has 1 saturated carbocycles. The van der Waals surface area contributed by atoms with Crippen LogP contribution in [0.15, 0.2) is 0 Å². The van der Waals surface area contributed by atoms with Gasteiger partial charge >= 0.3 is 12.1 Å². The van der Waals surface area contributed by atoms with E-state index in [-0.39, 0.29) is 12.0 Å². The molecular weight excluding hydrogens is 274 g/mol. The molecule has 2 N–H and O–H groups in total. The summed E-state index contributed by atoms with van der Waals surface area (Å²) in [6.07, 6.45) is 1.41. The second-order valence-electron chi connectivity index (χ2n) is 7.24. The standard InChI is InChI=1S/C15H25NO5/c1-14(2,3)21-13(20)16-8-4-5-10(9-16)15(6-7-15)11(17)12(18)19/h10-11,17H,4-9H2,1-3H3,(H,18,19). The van der Waals surface area contributed by atoms with Crippen LogP contribution < -0.4 is 0 Å². The first-order valence-corrected chi connectivity index (χ1v) is 7.54. The van der Waals surface area contributed by atoms with Gasteiger partial charge in [0.2, 0.25) is 0 Å². The number of likely N-dealkylation sites (tertiary alicyclic amines) is 1. The monoisotopic (exact) mass is 299 g/mol. The molecule has 1 aliphatic carbocycles. The molecule has 2 unspecified atom stereocenters. The Hall–Kier alpha value is -1.30. The van der Waals surface area contributed by atoms with E-state index in [0.717, 1.165) is 12.8 Å². The SMILES string of the molecule is CC(C)(C)OC(=O)N1CCCC(C2(C(O)C(=O)O)CC2)C1. The molecule has 0 aromatic heterocycles. The zero-order valence-electron chi connectivity index (χ0n) is 13.0. The largest absolute Gasteiger partial charge is 0.479 e. The maximum Gasteiger partial charge on any atom is 0.410 e. The fourth-order valence-corrected chi connectivity index (χ4v) is 3.23. The summed E-state index contributed by atoms with van der Waals surface area (Å²) in [6.45, 7) is 6.57. The highest BCUT2D eigenvalue weighted by Gasteiger charge is 2.57. The molecule has 1 aliphatic heterocycles. The van der Waals surface area contributed by atoms with Crippen molar-refractivity contribution in [1.29, 1.82) is 0 Å². The van der Waals surface area contributed by atoms with Crippen LogP contribution in [0, 0.1) is 11.3 Å². The molecule has 2 aliphatic rings. The molecule has 1 heterocycles. The topological polar surface area (TPSA) is 87.1 Å². The van der Waals surface area contributed by atoms with Gasteiger partial charge in [-0.25, -0.2) is 9.59 Å². The van der Waals surface area contributed by atoms with Crippen LogP contribution in [0.5, 0.6) is 0 Å². The molecule has 0 aromatic rings. The van der Waals surface area contributed by atoms with E-state index in [2.05, 4.69) is 0 Å². The number of hydrogen-bond acceptors (Lipinski definition) is 4. The predicted octanol–water partition coefficient (Wildman–Crippen LogP) is 1.86. The predicted molar refractivity (Wildman–Crippen MR) is 75.8 cm³/mol. The molecule has 0 aromatic carbocycles. The van der Waals surface area contributed by atoms with Gasteiger partial charge in [0.25, 0.3) is 0 Å². The van der Waals surface area contributed by atoms with Crippen molar-refractivity contribution >= 4 is 12.1 Å². The fourth-order valence-electron chi connectivity index (χ4n) is 3.23. The van der Waals surface area contributed by atoms with Crippen LogP contribution in [0.1, 0.15) is 46.5 Å². The second-order valence-corrected chi connectivity index (χ2v) is 7.24. The minimum absolute atomic E-state index is 0.0323. The van der Waals surface area contributed by atoms with Gasteiger partial charge in [-0.2, -0.15) is 0 Å². The molecule has 1 amide bonds. The van der Waals surface area contributed by atoms with Crippen LogP contribution in [0.25, 0.3) is 0 Å². The Balaban J connectivity index is 2.01. The number of rotatable bonds is 3. The first-order chi connectivity index (χ1) is 9.66. The van der Waals surface area contributed by atoms with Crippen molar-refractivity contribution in [3.63, 3.8) is 0 Å². The average molecular weight is 299 g/mol. The molecule has 21 heavy (non-hydrogen) atoms. The highest BCUT2D eigenvalue weighted by Crippen LogP contribution is 2.57. The number of carbonyl (C=O) groups excluding carboxylic acids is 1. The molecule has 2 atom stereocenters. The number of carbonyl (C=O) groups is 2. The molecule has 2 rings (SSSR count). The van der Waals surface area contributed by atoms with E-state index < -0.39 is 23.1 Å². The maximum atomic E-state index is 12.1. The number of carboxylic acid groups (broad SMARTS) is 1. The van der Waals surface area contributed by atoms with E-state index in [4.69, 9.17) is 9.84 Å². The number of aliphatic hydroxyl groups is 1.